The summed E-state index contributed by atoms with van der Waals surface area (Å²) in [5, 5.41) is 2.91. The van der Waals surface area contributed by atoms with Crippen molar-refractivity contribution in [2.24, 2.45) is 5.92 Å². The molecule has 0 spiro atoms. The van der Waals surface area contributed by atoms with Crippen molar-refractivity contribution in [1.29, 1.82) is 0 Å². The molecule has 2 aromatic rings. The van der Waals surface area contributed by atoms with E-state index in [4.69, 9.17) is 9.47 Å². The number of hydrogen-bond donors (Lipinski definition) is 1. The number of nitrogens with zero attached hydrogens (tertiary/aromatic N) is 1. The third-order valence-corrected chi connectivity index (χ3v) is 4.97. The fraction of sp³-hybridized carbons (Fsp3) is 0.391. The van der Waals surface area contributed by atoms with Crippen molar-refractivity contribution in [2.75, 3.05) is 19.0 Å². The Bertz CT molecular complexity index is 877. The summed E-state index contributed by atoms with van der Waals surface area (Å²) in [6, 6.07) is 12.4. The number of fused-ring (bicyclic) bond motifs is 1. The lowest BCUT2D eigenvalue weighted by atomic mass is 10.1. The number of anilines is 1. The van der Waals surface area contributed by atoms with E-state index < -0.39 is 6.10 Å². The summed E-state index contributed by atoms with van der Waals surface area (Å²) < 4.78 is 11.0. The highest BCUT2D eigenvalue weighted by atomic mass is 16.5. The second-order valence-corrected chi connectivity index (χ2v) is 7.71. The molecule has 0 fully saturated rings. The largest absolute Gasteiger partial charge is 0.497 e. The van der Waals surface area contributed by atoms with Crippen molar-refractivity contribution in [3.05, 3.63) is 53.6 Å². The van der Waals surface area contributed by atoms with Gasteiger partial charge in [0, 0.05) is 29.9 Å². The van der Waals surface area contributed by atoms with Gasteiger partial charge in [0.05, 0.1) is 7.11 Å². The fourth-order valence-corrected chi connectivity index (χ4v) is 3.23. The molecule has 2 aromatic carbocycles. The van der Waals surface area contributed by atoms with Crippen LogP contribution in [0.4, 0.5) is 5.69 Å². The van der Waals surface area contributed by atoms with Crippen LogP contribution in [0, 0.1) is 5.92 Å². The predicted octanol–water partition coefficient (Wildman–Crippen LogP) is 4.10. The van der Waals surface area contributed by atoms with Gasteiger partial charge in [0.1, 0.15) is 11.5 Å². The van der Waals surface area contributed by atoms with Crippen LogP contribution in [0.25, 0.3) is 0 Å². The van der Waals surface area contributed by atoms with E-state index in [1.54, 1.807) is 44.4 Å². The van der Waals surface area contributed by atoms with E-state index >= 15 is 0 Å². The summed E-state index contributed by atoms with van der Waals surface area (Å²) in [4.78, 5) is 27.0. The molecule has 29 heavy (non-hydrogen) atoms. The molecule has 0 aliphatic carbocycles. The SMILES string of the molecule is COc1ccc(C(=O)Nc2ccc3c(c2)CN(CCC(C)C)C(=O)C(C)O3)cc1. The van der Waals surface area contributed by atoms with Gasteiger partial charge in [-0.1, -0.05) is 13.8 Å². The van der Waals surface area contributed by atoms with Crippen LogP contribution < -0.4 is 14.8 Å². The summed E-state index contributed by atoms with van der Waals surface area (Å²) >= 11 is 0. The minimum Gasteiger partial charge on any atom is -0.497 e. The number of benzene rings is 2. The van der Waals surface area contributed by atoms with E-state index in [0.717, 1.165) is 12.0 Å². The van der Waals surface area contributed by atoms with Crippen molar-refractivity contribution < 1.29 is 19.1 Å². The smallest absolute Gasteiger partial charge is 0.263 e. The molecule has 0 bridgehead atoms. The molecule has 1 atom stereocenters. The zero-order chi connectivity index (χ0) is 21.0. The van der Waals surface area contributed by atoms with Gasteiger partial charge in [0.25, 0.3) is 11.8 Å². The number of carbonyl (C=O) groups is 2. The van der Waals surface area contributed by atoms with Crippen LogP contribution >= 0.6 is 0 Å². The van der Waals surface area contributed by atoms with Crippen molar-refractivity contribution >= 4 is 17.5 Å². The first-order chi connectivity index (χ1) is 13.9. The molecule has 0 saturated carbocycles. The van der Waals surface area contributed by atoms with Gasteiger partial charge in [-0.3, -0.25) is 9.59 Å². The van der Waals surface area contributed by atoms with Gasteiger partial charge in [-0.15, -0.1) is 0 Å². The van der Waals surface area contributed by atoms with E-state index in [1.165, 1.54) is 0 Å². The van der Waals surface area contributed by atoms with Gasteiger partial charge in [-0.05, 0) is 61.7 Å². The predicted molar refractivity (Wildman–Crippen MR) is 112 cm³/mol. The lowest BCUT2D eigenvalue weighted by Crippen LogP contribution is -2.38. The molecule has 0 saturated heterocycles. The van der Waals surface area contributed by atoms with Gasteiger partial charge in [-0.2, -0.15) is 0 Å². The van der Waals surface area contributed by atoms with Crippen molar-refractivity contribution in [2.45, 2.75) is 39.8 Å². The number of rotatable bonds is 6. The third kappa shape index (κ3) is 5.08. The third-order valence-electron chi connectivity index (χ3n) is 4.97. The molecule has 1 heterocycles. The molecular formula is C23H28N2O4. The maximum Gasteiger partial charge on any atom is 0.263 e. The molecule has 1 N–H and O–H groups in total. The first kappa shape index (κ1) is 20.7. The number of methoxy groups -OCH3 is 1. The number of carbonyl (C=O) groups excluding carboxylic acids is 2. The first-order valence-electron chi connectivity index (χ1n) is 9.91. The summed E-state index contributed by atoms with van der Waals surface area (Å²) in [7, 11) is 1.59. The van der Waals surface area contributed by atoms with Gasteiger partial charge in [0.15, 0.2) is 6.10 Å². The molecule has 6 nitrogen and oxygen atoms in total. The Kier molecular flexibility index (Phi) is 6.42. The fourth-order valence-electron chi connectivity index (χ4n) is 3.23. The second-order valence-electron chi connectivity index (χ2n) is 7.71. The molecule has 154 valence electrons. The highest BCUT2D eigenvalue weighted by Gasteiger charge is 2.28. The lowest BCUT2D eigenvalue weighted by Gasteiger charge is -2.23. The van der Waals surface area contributed by atoms with Crippen molar-refractivity contribution in [3.8, 4) is 11.5 Å². The maximum absolute atomic E-state index is 12.6. The molecule has 1 unspecified atom stereocenters. The molecule has 2 amide bonds. The highest BCUT2D eigenvalue weighted by Crippen LogP contribution is 2.29. The molecule has 1 aliphatic heterocycles. The van der Waals surface area contributed by atoms with Gasteiger partial charge < -0.3 is 19.7 Å². The van der Waals surface area contributed by atoms with E-state index in [9.17, 15) is 9.59 Å². The minimum atomic E-state index is -0.525. The summed E-state index contributed by atoms with van der Waals surface area (Å²) in [6.45, 7) is 7.22. The Hall–Kier alpha value is -3.02. The Morgan fingerprint density at radius 2 is 1.97 bits per heavy atom. The van der Waals surface area contributed by atoms with Crippen molar-refractivity contribution in [3.63, 3.8) is 0 Å². The van der Waals surface area contributed by atoms with E-state index in [0.29, 0.717) is 41.8 Å². The van der Waals surface area contributed by atoms with Crippen LogP contribution in [-0.2, 0) is 11.3 Å². The van der Waals surface area contributed by atoms with Crippen LogP contribution in [0.3, 0.4) is 0 Å². The number of amides is 2. The Morgan fingerprint density at radius 1 is 1.24 bits per heavy atom. The summed E-state index contributed by atoms with van der Waals surface area (Å²) in [5.74, 6) is 1.68. The Balaban J connectivity index is 1.77. The molecule has 3 rings (SSSR count). The minimum absolute atomic E-state index is 0.00864. The average molecular weight is 396 g/mol. The molecule has 0 radical (unpaired) electrons. The van der Waals surface area contributed by atoms with E-state index in [1.807, 2.05) is 17.0 Å². The molecular weight excluding hydrogens is 368 g/mol. The van der Waals surface area contributed by atoms with Crippen LogP contribution in [0.2, 0.25) is 0 Å². The number of nitrogens with one attached hydrogen (secondary N) is 1. The maximum atomic E-state index is 12.6. The lowest BCUT2D eigenvalue weighted by molar-refractivity contribution is -0.137. The summed E-state index contributed by atoms with van der Waals surface area (Å²) in [5.41, 5.74) is 2.09. The average Bonchev–Trinajstić information content (AvgIpc) is 2.83. The summed E-state index contributed by atoms with van der Waals surface area (Å²) in [6.07, 6.45) is 0.407. The topological polar surface area (TPSA) is 67.9 Å². The van der Waals surface area contributed by atoms with Crippen molar-refractivity contribution in [1.82, 2.24) is 4.90 Å². The first-order valence-corrected chi connectivity index (χ1v) is 9.91. The standard InChI is InChI=1S/C23H28N2O4/c1-15(2)11-12-25-14-18-13-19(7-10-21(18)29-16(3)23(25)27)24-22(26)17-5-8-20(28-4)9-6-17/h5-10,13,15-16H,11-12,14H2,1-4H3,(H,24,26). The quantitative estimate of drug-likeness (QED) is 0.798. The molecule has 1 aliphatic rings. The van der Waals surface area contributed by atoms with Crippen LogP contribution in [0.5, 0.6) is 11.5 Å². The Labute approximate surface area is 171 Å². The van der Waals surface area contributed by atoms with Gasteiger partial charge in [0.2, 0.25) is 0 Å². The van der Waals surface area contributed by atoms with E-state index in [-0.39, 0.29) is 11.8 Å². The normalized spacial score (nSPS) is 16.1. The van der Waals surface area contributed by atoms with Gasteiger partial charge in [-0.25, -0.2) is 0 Å². The number of ether oxygens (including phenoxy) is 2. The molecule has 0 aromatic heterocycles. The molecule has 6 heteroatoms. The zero-order valence-electron chi connectivity index (χ0n) is 17.4. The van der Waals surface area contributed by atoms with Crippen LogP contribution in [0.1, 0.15) is 43.1 Å². The zero-order valence-corrected chi connectivity index (χ0v) is 17.4. The van der Waals surface area contributed by atoms with E-state index in [2.05, 4.69) is 19.2 Å². The van der Waals surface area contributed by atoms with Gasteiger partial charge >= 0.3 is 0 Å². The highest BCUT2D eigenvalue weighted by molar-refractivity contribution is 6.04. The Morgan fingerprint density at radius 3 is 2.62 bits per heavy atom. The van der Waals surface area contributed by atoms with Crippen LogP contribution in [-0.4, -0.2) is 36.5 Å². The monoisotopic (exact) mass is 396 g/mol. The number of hydrogen-bond acceptors (Lipinski definition) is 4. The second kappa shape index (κ2) is 8.99. The van der Waals surface area contributed by atoms with Crippen LogP contribution in [0.15, 0.2) is 42.5 Å².